The lowest BCUT2D eigenvalue weighted by molar-refractivity contribution is -0.138. The van der Waals surface area contributed by atoms with E-state index in [4.69, 9.17) is 14.8 Å². The number of aromatic nitrogens is 3. The topological polar surface area (TPSA) is 107 Å². The number of carboxylic acids is 1. The summed E-state index contributed by atoms with van der Waals surface area (Å²) in [5.41, 5.74) is 2.56. The van der Waals surface area contributed by atoms with Gasteiger partial charge in [-0.15, -0.1) is 0 Å². The first kappa shape index (κ1) is 32.7. The average Bonchev–Trinajstić information content (AvgIpc) is 3.46. The van der Waals surface area contributed by atoms with E-state index >= 15 is 0 Å². The number of pyridine rings is 1. The Balaban J connectivity index is 1.32. The number of carboxylic acid groups (broad SMARTS) is 1. The van der Waals surface area contributed by atoms with E-state index in [1.54, 1.807) is 13.2 Å². The Bertz CT molecular complexity index is 1730. The SMILES string of the molecule is COCC1(CN(C)c2cc(-c3cc(F)cc(C(F)(F)F)c3)nc3nc(-c4ccc(N5CCC(NCC(=O)O)CC5)cc4)[nH]c23)CCC1. The Morgan fingerprint density at radius 2 is 1.83 bits per heavy atom. The third-order valence-electron chi connectivity index (χ3n) is 9.35. The lowest BCUT2D eigenvalue weighted by atomic mass is 9.69. The first-order chi connectivity index (χ1) is 22.4. The van der Waals surface area contributed by atoms with Crippen LogP contribution in [0.2, 0.25) is 0 Å². The maximum atomic E-state index is 14.5. The van der Waals surface area contributed by atoms with Crippen LogP contribution in [0, 0.1) is 11.2 Å². The number of fused-ring (bicyclic) bond motifs is 1. The Morgan fingerprint density at radius 1 is 1.11 bits per heavy atom. The minimum Gasteiger partial charge on any atom is -0.480 e. The summed E-state index contributed by atoms with van der Waals surface area (Å²) in [6.45, 7) is 2.79. The summed E-state index contributed by atoms with van der Waals surface area (Å²) >= 11 is 0. The van der Waals surface area contributed by atoms with E-state index in [0.717, 1.165) is 68.6 Å². The molecule has 2 aliphatic rings. The third kappa shape index (κ3) is 7.20. The molecule has 47 heavy (non-hydrogen) atoms. The molecule has 0 radical (unpaired) electrons. The number of piperidine rings is 1. The number of anilines is 2. The number of methoxy groups -OCH3 is 1. The van der Waals surface area contributed by atoms with Crippen molar-refractivity contribution in [2.45, 2.75) is 44.3 Å². The molecular formula is C34H38F4N6O3. The van der Waals surface area contributed by atoms with Gasteiger partial charge in [-0.2, -0.15) is 13.2 Å². The van der Waals surface area contributed by atoms with Gasteiger partial charge < -0.3 is 29.9 Å². The summed E-state index contributed by atoms with van der Waals surface area (Å²) in [4.78, 5) is 27.9. The smallest absolute Gasteiger partial charge is 0.416 e. The first-order valence-electron chi connectivity index (χ1n) is 15.7. The molecule has 13 heteroatoms. The molecule has 6 rings (SSSR count). The van der Waals surface area contributed by atoms with Gasteiger partial charge in [0, 0.05) is 62.1 Å². The Morgan fingerprint density at radius 3 is 2.45 bits per heavy atom. The van der Waals surface area contributed by atoms with Crippen LogP contribution in [0.1, 0.15) is 37.7 Å². The van der Waals surface area contributed by atoms with E-state index in [0.29, 0.717) is 41.9 Å². The second kappa shape index (κ2) is 13.1. The van der Waals surface area contributed by atoms with Crippen molar-refractivity contribution in [1.29, 1.82) is 0 Å². The number of H-pyrrole nitrogens is 1. The molecule has 4 aromatic rings. The molecule has 0 amide bonds. The van der Waals surface area contributed by atoms with Crippen molar-refractivity contribution in [1.82, 2.24) is 20.3 Å². The van der Waals surface area contributed by atoms with Crippen LogP contribution >= 0.6 is 0 Å². The number of halogens is 4. The number of rotatable bonds is 11. The summed E-state index contributed by atoms with van der Waals surface area (Å²) < 4.78 is 60.8. The van der Waals surface area contributed by atoms with Gasteiger partial charge >= 0.3 is 12.1 Å². The number of nitrogens with zero attached hydrogens (tertiary/aromatic N) is 4. The molecule has 0 atom stereocenters. The van der Waals surface area contributed by atoms with Crippen molar-refractivity contribution in [3.8, 4) is 22.6 Å². The number of ether oxygens (including phenoxy) is 1. The monoisotopic (exact) mass is 654 g/mol. The molecule has 1 saturated heterocycles. The van der Waals surface area contributed by atoms with Crippen LogP contribution in [-0.2, 0) is 15.7 Å². The second-order valence-corrected chi connectivity index (χ2v) is 12.8. The quantitative estimate of drug-likeness (QED) is 0.161. The number of aromatic amines is 1. The lowest BCUT2D eigenvalue weighted by Crippen LogP contribution is -2.44. The number of carbonyl (C=O) groups is 1. The van der Waals surface area contributed by atoms with Gasteiger partial charge in [-0.25, -0.2) is 14.4 Å². The van der Waals surface area contributed by atoms with E-state index in [1.165, 1.54) is 0 Å². The highest BCUT2D eigenvalue weighted by Crippen LogP contribution is 2.43. The molecule has 9 nitrogen and oxygen atoms in total. The fraction of sp³-hybridized carbons (Fsp3) is 0.441. The predicted octanol–water partition coefficient (Wildman–Crippen LogP) is 6.35. The molecule has 2 aromatic carbocycles. The van der Waals surface area contributed by atoms with E-state index in [9.17, 15) is 22.4 Å². The van der Waals surface area contributed by atoms with Gasteiger partial charge in [0.25, 0.3) is 0 Å². The number of nitrogens with one attached hydrogen (secondary N) is 2. The van der Waals surface area contributed by atoms with Crippen molar-refractivity contribution in [3.05, 3.63) is 59.9 Å². The molecule has 0 unspecified atom stereocenters. The largest absolute Gasteiger partial charge is 0.480 e. The second-order valence-electron chi connectivity index (χ2n) is 12.8. The molecular weight excluding hydrogens is 616 g/mol. The van der Waals surface area contributed by atoms with Gasteiger partial charge in [0.2, 0.25) is 0 Å². The van der Waals surface area contributed by atoms with Crippen molar-refractivity contribution in [3.63, 3.8) is 0 Å². The molecule has 1 saturated carbocycles. The van der Waals surface area contributed by atoms with Crippen molar-refractivity contribution < 1.29 is 32.2 Å². The van der Waals surface area contributed by atoms with Gasteiger partial charge in [-0.1, -0.05) is 6.42 Å². The van der Waals surface area contributed by atoms with Gasteiger partial charge in [0.05, 0.1) is 30.1 Å². The van der Waals surface area contributed by atoms with Crippen LogP contribution in [0.15, 0.2) is 48.5 Å². The Labute approximate surface area is 270 Å². The highest BCUT2D eigenvalue weighted by molar-refractivity contribution is 5.91. The summed E-state index contributed by atoms with van der Waals surface area (Å²) in [7, 11) is 3.61. The molecule has 3 N–H and O–H groups in total. The Kier molecular flexibility index (Phi) is 9.12. The summed E-state index contributed by atoms with van der Waals surface area (Å²) in [5.74, 6) is -1.31. The number of aliphatic carboxylic acids is 1. The van der Waals surface area contributed by atoms with Gasteiger partial charge in [-0.3, -0.25) is 4.79 Å². The molecule has 3 heterocycles. The van der Waals surface area contributed by atoms with Crippen LogP contribution in [0.5, 0.6) is 0 Å². The highest BCUT2D eigenvalue weighted by atomic mass is 19.4. The molecule has 0 bridgehead atoms. The molecule has 250 valence electrons. The zero-order valence-corrected chi connectivity index (χ0v) is 26.3. The van der Waals surface area contributed by atoms with Crippen LogP contribution in [-0.4, -0.2) is 79.0 Å². The van der Waals surface area contributed by atoms with Gasteiger partial charge in [-0.05, 0) is 74.2 Å². The molecule has 2 aromatic heterocycles. The number of hydrogen-bond acceptors (Lipinski definition) is 7. The number of imidazole rings is 1. The molecule has 0 spiro atoms. The maximum Gasteiger partial charge on any atom is 0.416 e. The summed E-state index contributed by atoms with van der Waals surface area (Å²) in [6.07, 6.45) is 0.0662. The predicted molar refractivity (Wildman–Crippen MR) is 172 cm³/mol. The number of hydrogen-bond donors (Lipinski definition) is 3. The fourth-order valence-corrected chi connectivity index (χ4v) is 6.78. The maximum absolute atomic E-state index is 14.5. The number of alkyl halides is 3. The minimum atomic E-state index is -4.71. The van der Waals surface area contributed by atoms with Crippen LogP contribution in [0.25, 0.3) is 33.8 Å². The minimum absolute atomic E-state index is 0.0138. The van der Waals surface area contributed by atoms with E-state index in [-0.39, 0.29) is 29.3 Å². The van der Waals surface area contributed by atoms with Crippen molar-refractivity contribution >= 4 is 28.5 Å². The zero-order valence-electron chi connectivity index (χ0n) is 26.3. The normalized spacial score (nSPS) is 16.8. The standard InChI is InChI=1S/C34H38F4N6O3/c1-43(19-33(20-47-2)10-3-11-33)28-17-27(22-14-23(34(36,37)38)16-24(35)15-22)40-32-30(28)41-31(42-32)21-4-6-26(7-5-21)44-12-8-25(9-13-44)39-18-29(45)46/h4-7,14-17,25,39H,3,8-13,18-20H2,1-2H3,(H,45,46)(H,40,41,42). The van der Waals surface area contributed by atoms with Crippen LogP contribution < -0.4 is 15.1 Å². The lowest BCUT2D eigenvalue weighted by Gasteiger charge is -2.44. The van der Waals surface area contributed by atoms with Crippen LogP contribution in [0.4, 0.5) is 28.9 Å². The Hall–Kier alpha value is -4.23. The van der Waals surface area contributed by atoms with Gasteiger partial charge in [0.1, 0.15) is 17.2 Å². The van der Waals surface area contributed by atoms with E-state index in [2.05, 4.69) is 25.1 Å². The van der Waals surface area contributed by atoms with Crippen LogP contribution in [0.3, 0.4) is 0 Å². The zero-order chi connectivity index (χ0) is 33.3. The van der Waals surface area contributed by atoms with E-state index < -0.39 is 23.5 Å². The molecule has 1 aliphatic heterocycles. The van der Waals surface area contributed by atoms with Gasteiger partial charge in [0.15, 0.2) is 5.65 Å². The molecule has 2 fully saturated rings. The highest BCUT2D eigenvalue weighted by Gasteiger charge is 2.38. The molecule has 1 aliphatic carbocycles. The van der Waals surface area contributed by atoms with E-state index in [1.807, 2.05) is 31.3 Å². The summed E-state index contributed by atoms with van der Waals surface area (Å²) in [5, 5.41) is 12.0. The third-order valence-corrected chi connectivity index (χ3v) is 9.35. The number of benzene rings is 2. The first-order valence-corrected chi connectivity index (χ1v) is 15.7. The average molecular weight is 655 g/mol. The van der Waals surface area contributed by atoms with Crippen molar-refractivity contribution in [2.24, 2.45) is 5.41 Å². The fourth-order valence-electron chi connectivity index (χ4n) is 6.78. The van der Waals surface area contributed by atoms with Crippen molar-refractivity contribution in [2.75, 3.05) is 56.7 Å². The summed E-state index contributed by atoms with van der Waals surface area (Å²) in [6, 6.07) is 12.2.